The van der Waals surface area contributed by atoms with E-state index in [1.165, 1.54) is 30.0 Å². The van der Waals surface area contributed by atoms with Crippen molar-refractivity contribution in [3.8, 4) is 5.75 Å². The van der Waals surface area contributed by atoms with E-state index in [1.54, 1.807) is 13.1 Å². The Morgan fingerprint density at radius 3 is 2.46 bits per heavy atom. The van der Waals surface area contributed by atoms with Gasteiger partial charge in [0.25, 0.3) is 0 Å². The Balaban J connectivity index is 0.00000392. The molecule has 0 bridgehead atoms. The van der Waals surface area contributed by atoms with Crippen LogP contribution in [0.5, 0.6) is 5.75 Å². The summed E-state index contributed by atoms with van der Waals surface area (Å²) >= 11 is 0. The Morgan fingerprint density at radius 1 is 1.21 bits per heavy atom. The maximum Gasteiger partial charge on any atom is 0.191 e. The van der Waals surface area contributed by atoms with Crippen molar-refractivity contribution in [1.29, 1.82) is 0 Å². The van der Waals surface area contributed by atoms with Gasteiger partial charge in [-0.15, -0.1) is 24.0 Å². The molecule has 0 saturated carbocycles. The summed E-state index contributed by atoms with van der Waals surface area (Å²) in [6, 6.07) is 11.2. The summed E-state index contributed by atoms with van der Waals surface area (Å²) in [7, 11) is 7.24. The van der Waals surface area contributed by atoms with E-state index < -0.39 is 0 Å². The van der Waals surface area contributed by atoms with E-state index >= 15 is 0 Å². The summed E-state index contributed by atoms with van der Waals surface area (Å²) in [5, 5.41) is 6.61. The molecule has 0 aliphatic heterocycles. The highest BCUT2D eigenvalue weighted by atomic mass is 127. The Hall–Kier alpha value is -2.03. The number of hydrogen-bond acceptors (Lipinski definition) is 3. The van der Waals surface area contributed by atoms with Gasteiger partial charge in [-0.2, -0.15) is 0 Å². The maximum absolute atomic E-state index is 13.9. The molecule has 1 atom stereocenters. The van der Waals surface area contributed by atoms with E-state index in [0.29, 0.717) is 12.5 Å². The average molecular weight is 500 g/mol. The quantitative estimate of drug-likeness (QED) is 0.354. The lowest BCUT2D eigenvalue weighted by Gasteiger charge is -2.20. The largest absolute Gasteiger partial charge is 0.494 e. The molecule has 0 saturated heterocycles. The minimum Gasteiger partial charge on any atom is -0.494 e. The van der Waals surface area contributed by atoms with Gasteiger partial charge in [0.1, 0.15) is 0 Å². The summed E-state index contributed by atoms with van der Waals surface area (Å²) in [4.78, 5) is 6.35. The molecular weight excluding hydrogens is 470 g/mol. The van der Waals surface area contributed by atoms with Gasteiger partial charge >= 0.3 is 0 Å². The summed E-state index contributed by atoms with van der Waals surface area (Å²) < 4.78 is 18.9. The molecule has 2 rings (SSSR count). The number of benzene rings is 2. The van der Waals surface area contributed by atoms with Crippen LogP contribution in [0.4, 0.5) is 10.1 Å². The van der Waals surface area contributed by atoms with Crippen LogP contribution in [-0.4, -0.2) is 34.2 Å². The zero-order chi connectivity index (χ0) is 20.0. The fraction of sp³-hybridized carbons (Fsp3) is 0.381. The van der Waals surface area contributed by atoms with Gasteiger partial charge in [0.15, 0.2) is 17.5 Å². The van der Waals surface area contributed by atoms with Crippen molar-refractivity contribution in [1.82, 2.24) is 10.6 Å². The van der Waals surface area contributed by atoms with Crippen LogP contribution in [0.25, 0.3) is 0 Å². The number of nitrogens with zero attached hydrogens (tertiary/aromatic N) is 2. The van der Waals surface area contributed by atoms with Crippen LogP contribution in [0.2, 0.25) is 0 Å². The third kappa shape index (κ3) is 6.25. The fourth-order valence-electron chi connectivity index (χ4n) is 2.77. The van der Waals surface area contributed by atoms with Crippen molar-refractivity contribution in [3.63, 3.8) is 0 Å². The molecule has 0 radical (unpaired) electrons. The van der Waals surface area contributed by atoms with Crippen LogP contribution in [0.1, 0.15) is 29.7 Å². The lowest BCUT2D eigenvalue weighted by Crippen LogP contribution is -2.38. The molecule has 0 amide bonds. The number of aryl methyl sites for hydroxylation is 1. The van der Waals surface area contributed by atoms with E-state index in [0.717, 1.165) is 5.56 Å². The minimum atomic E-state index is -0.372. The minimum absolute atomic E-state index is 0. The molecule has 28 heavy (non-hydrogen) atoms. The van der Waals surface area contributed by atoms with Gasteiger partial charge in [-0.05, 0) is 54.8 Å². The molecule has 154 valence electrons. The molecule has 2 aromatic rings. The number of ether oxygens (including phenoxy) is 1. The highest BCUT2D eigenvalue weighted by molar-refractivity contribution is 14.0. The topological polar surface area (TPSA) is 48.9 Å². The molecule has 0 aromatic heterocycles. The molecule has 2 aromatic carbocycles. The molecular formula is C21H30FIN4O. The lowest BCUT2D eigenvalue weighted by atomic mass is 10.1. The Labute approximate surface area is 184 Å². The third-order valence-electron chi connectivity index (χ3n) is 4.54. The predicted octanol–water partition coefficient (Wildman–Crippen LogP) is 4.25. The van der Waals surface area contributed by atoms with Crippen molar-refractivity contribution in [2.45, 2.75) is 26.4 Å². The highest BCUT2D eigenvalue weighted by Crippen LogP contribution is 2.22. The number of hydrogen-bond donors (Lipinski definition) is 2. The average Bonchev–Trinajstić information content (AvgIpc) is 2.65. The van der Waals surface area contributed by atoms with Crippen LogP contribution in [-0.2, 0) is 6.54 Å². The summed E-state index contributed by atoms with van der Waals surface area (Å²) in [5.41, 5.74) is 4.41. The number of aliphatic imine (C=N–C) groups is 1. The molecule has 1 unspecified atom stereocenters. The second-order valence-electron chi connectivity index (χ2n) is 6.69. The Morgan fingerprint density at radius 2 is 1.93 bits per heavy atom. The van der Waals surface area contributed by atoms with Gasteiger partial charge in [-0.3, -0.25) is 4.99 Å². The summed E-state index contributed by atoms with van der Waals surface area (Å²) in [6.07, 6.45) is 0. The number of guanidine groups is 1. The zero-order valence-electron chi connectivity index (χ0n) is 17.3. The molecule has 2 N–H and O–H groups in total. The van der Waals surface area contributed by atoms with Crippen molar-refractivity contribution in [2.24, 2.45) is 4.99 Å². The second kappa shape index (κ2) is 11.1. The molecule has 0 heterocycles. The van der Waals surface area contributed by atoms with Gasteiger partial charge in [-0.25, -0.2) is 4.39 Å². The molecule has 0 aliphatic carbocycles. The van der Waals surface area contributed by atoms with Crippen molar-refractivity contribution < 1.29 is 9.13 Å². The number of methoxy groups -OCH3 is 1. The number of rotatable bonds is 6. The standard InChI is InChI=1S/C21H29FN4O.HI/c1-14-11-18(26(4)5)9-7-17(14)13-24-21(23-3)25-15(2)16-8-10-20(27-6)19(22)12-16;/h7-12,15H,13H2,1-6H3,(H2,23,24,25);1H. The van der Waals surface area contributed by atoms with E-state index in [2.05, 4.69) is 45.6 Å². The molecule has 5 nitrogen and oxygen atoms in total. The van der Waals surface area contributed by atoms with Gasteiger partial charge < -0.3 is 20.3 Å². The van der Waals surface area contributed by atoms with Crippen molar-refractivity contribution >= 4 is 35.6 Å². The maximum atomic E-state index is 13.9. The SMILES string of the molecule is CN=C(NCc1ccc(N(C)C)cc1C)NC(C)c1ccc(OC)c(F)c1.I. The van der Waals surface area contributed by atoms with Gasteiger partial charge in [0.05, 0.1) is 13.2 Å². The molecule has 0 fully saturated rings. The number of nitrogens with one attached hydrogen (secondary N) is 2. The first kappa shape index (κ1) is 24.0. The zero-order valence-corrected chi connectivity index (χ0v) is 19.7. The smallest absolute Gasteiger partial charge is 0.191 e. The first-order valence-corrected chi connectivity index (χ1v) is 8.93. The van der Waals surface area contributed by atoms with E-state index in [9.17, 15) is 4.39 Å². The number of halogens is 2. The van der Waals surface area contributed by atoms with E-state index in [4.69, 9.17) is 4.74 Å². The van der Waals surface area contributed by atoms with E-state index in [1.807, 2.05) is 27.1 Å². The Kier molecular flexibility index (Phi) is 9.51. The predicted molar refractivity (Wildman–Crippen MR) is 126 cm³/mol. The lowest BCUT2D eigenvalue weighted by molar-refractivity contribution is 0.386. The van der Waals surface area contributed by atoms with Crippen molar-refractivity contribution in [2.75, 3.05) is 33.2 Å². The van der Waals surface area contributed by atoms with Gasteiger partial charge in [0, 0.05) is 33.4 Å². The fourth-order valence-corrected chi connectivity index (χ4v) is 2.77. The van der Waals surface area contributed by atoms with Crippen LogP contribution in [0.15, 0.2) is 41.4 Å². The van der Waals surface area contributed by atoms with Gasteiger partial charge in [0.2, 0.25) is 0 Å². The van der Waals surface area contributed by atoms with Crippen LogP contribution in [0, 0.1) is 12.7 Å². The monoisotopic (exact) mass is 500 g/mol. The van der Waals surface area contributed by atoms with Crippen molar-refractivity contribution in [3.05, 3.63) is 58.9 Å². The second-order valence-corrected chi connectivity index (χ2v) is 6.69. The molecule has 0 aliphatic rings. The van der Waals surface area contributed by atoms with Crippen LogP contribution < -0.4 is 20.3 Å². The first-order valence-electron chi connectivity index (χ1n) is 8.93. The number of anilines is 1. The first-order chi connectivity index (χ1) is 12.8. The van der Waals surface area contributed by atoms with Gasteiger partial charge in [-0.1, -0.05) is 12.1 Å². The summed E-state index contributed by atoms with van der Waals surface area (Å²) in [6.45, 7) is 4.72. The Bertz CT molecular complexity index is 811. The normalized spacial score (nSPS) is 12.0. The molecule has 0 spiro atoms. The molecule has 7 heteroatoms. The van der Waals surface area contributed by atoms with Crippen LogP contribution in [0.3, 0.4) is 0 Å². The summed E-state index contributed by atoms with van der Waals surface area (Å²) in [5.74, 6) is 0.531. The highest BCUT2D eigenvalue weighted by Gasteiger charge is 2.11. The van der Waals surface area contributed by atoms with E-state index in [-0.39, 0.29) is 41.6 Å². The third-order valence-corrected chi connectivity index (χ3v) is 4.54. The van der Waals surface area contributed by atoms with Crippen LogP contribution >= 0.6 is 24.0 Å².